The minimum absolute atomic E-state index is 0.00138. The van der Waals surface area contributed by atoms with Gasteiger partial charge in [0.1, 0.15) is 4.90 Å². The van der Waals surface area contributed by atoms with Gasteiger partial charge in [-0.25, -0.2) is 16.8 Å². The molecule has 0 aliphatic carbocycles. The van der Waals surface area contributed by atoms with E-state index in [0.717, 1.165) is 0 Å². The number of hydrogen-bond acceptors (Lipinski definition) is 8. The zero-order chi connectivity index (χ0) is 24.6. The number of benzene rings is 1. The van der Waals surface area contributed by atoms with E-state index in [0.29, 0.717) is 0 Å². The van der Waals surface area contributed by atoms with Gasteiger partial charge in [-0.05, 0) is 19.1 Å². The molecule has 0 heterocycles. The average molecular weight is 505 g/mol. The summed E-state index contributed by atoms with van der Waals surface area (Å²) in [6.45, 7) is 0.986. The van der Waals surface area contributed by atoms with Crippen LogP contribution < -0.4 is 0 Å². The van der Waals surface area contributed by atoms with Gasteiger partial charge in [-0.2, -0.15) is 30.7 Å². The molecule has 1 aromatic carbocycles. The normalized spacial score (nSPS) is 13.7. The first-order valence-electron chi connectivity index (χ1n) is 7.47. The molecule has 0 radical (unpaired) electrons. The highest BCUT2D eigenvalue weighted by Gasteiger charge is 2.78. The van der Waals surface area contributed by atoms with Crippen LogP contribution in [-0.4, -0.2) is 57.4 Å². The Labute approximate surface area is 168 Å². The summed E-state index contributed by atoms with van der Waals surface area (Å²) in [5, 5.41) is 4.27. The molecule has 31 heavy (non-hydrogen) atoms. The van der Waals surface area contributed by atoms with Crippen LogP contribution >= 0.6 is 0 Å². The first kappa shape index (κ1) is 26.5. The van der Waals surface area contributed by atoms with Crippen molar-refractivity contribution in [3.8, 4) is 0 Å². The van der Waals surface area contributed by atoms with E-state index in [1.54, 1.807) is 0 Å². The summed E-state index contributed by atoms with van der Waals surface area (Å²) in [7, 11) is -11.9. The molecule has 0 bridgehead atoms. The lowest BCUT2D eigenvalue weighted by atomic mass is 10.3. The van der Waals surface area contributed by atoms with Crippen LogP contribution in [0.4, 0.5) is 36.4 Å². The summed E-state index contributed by atoms with van der Waals surface area (Å²) < 4.78 is 142. The van der Waals surface area contributed by atoms with Crippen molar-refractivity contribution in [2.75, 3.05) is 12.4 Å². The van der Waals surface area contributed by atoms with Crippen LogP contribution in [-0.2, 0) is 29.2 Å². The van der Waals surface area contributed by atoms with Crippen molar-refractivity contribution in [2.24, 2.45) is 0 Å². The van der Waals surface area contributed by atoms with Gasteiger partial charge in [0, 0.05) is 6.07 Å². The second-order valence-corrected chi connectivity index (χ2v) is 9.49. The van der Waals surface area contributed by atoms with Crippen molar-refractivity contribution < 1.29 is 62.0 Å². The quantitative estimate of drug-likeness (QED) is 0.227. The van der Waals surface area contributed by atoms with E-state index in [1.165, 1.54) is 6.92 Å². The molecule has 0 spiro atoms. The lowest BCUT2D eigenvalue weighted by molar-refractivity contribution is -0.388. The number of hydrogen-bond donors (Lipinski definition) is 0. The molecule has 0 aliphatic rings. The van der Waals surface area contributed by atoms with Crippen LogP contribution in [0.25, 0.3) is 0 Å². The third-order valence-electron chi connectivity index (χ3n) is 3.44. The van der Waals surface area contributed by atoms with E-state index in [-0.39, 0.29) is 18.7 Å². The number of sulfone groups is 2. The first-order valence-corrected chi connectivity index (χ1v) is 10.6. The monoisotopic (exact) mass is 505 g/mol. The molecule has 176 valence electrons. The number of esters is 1. The number of rotatable bonds is 8. The van der Waals surface area contributed by atoms with E-state index in [9.17, 15) is 62.5 Å². The van der Waals surface area contributed by atoms with Crippen LogP contribution in [0.15, 0.2) is 28.0 Å². The zero-order valence-corrected chi connectivity index (χ0v) is 16.5. The molecular formula is C13H10F7NO8S2. The molecule has 0 aromatic heterocycles. The highest BCUT2D eigenvalue weighted by Crippen LogP contribution is 2.51. The van der Waals surface area contributed by atoms with Crippen molar-refractivity contribution >= 4 is 31.3 Å². The number of halogens is 7. The topological polar surface area (TPSA) is 138 Å². The van der Waals surface area contributed by atoms with Gasteiger partial charge in [-0.3, -0.25) is 14.9 Å². The SMILES string of the molecule is CCOC(=O)CS(=O)(=O)c1ccc(S(=O)(=O)C(F)(F)C(F)(F)C(F)(F)F)cc1[N+](=O)[O-]. The predicted molar refractivity (Wildman–Crippen MR) is 84.9 cm³/mol. The number of nitrogens with zero attached hydrogens (tertiary/aromatic N) is 1. The van der Waals surface area contributed by atoms with Gasteiger partial charge in [0.15, 0.2) is 15.6 Å². The highest BCUT2D eigenvalue weighted by atomic mass is 32.2. The maximum absolute atomic E-state index is 13.7. The number of nitro benzene ring substituents is 1. The van der Waals surface area contributed by atoms with E-state index >= 15 is 0 Å². The Balaban J connectivity index is 3.67. The molecule has 1 rings (SSSR count). The Bertz CT molecular complexity index is 1100. The van der Waals surface area contributed by atoms with Crippen molar-refractivity contribution in [1.82, 2.24) is 0 Å². The molecule has 0 atom stereocenters. The molecule has 0 saturated heterocycles. The van der Waals surface area contributed by atoms with Crippen LogP contribution in [0.3, 0.4) is 0 Å². The van der Waals surface area contributed by atoms with Crippen LogP contribution in [0.2, 0.25) is 0 Å². The fourth-order valence-corrected chi connectivity index (χ4v) is 4.53. The number of nitro groups is 1. The fourth-order valence-electron chi connectivity index (χ4n) is 1.99. The molecule has 0 amide bonds. The van der Waals surface area contributed by atoms with Gasteiger partial charge in [0.05, 0.1) is 16.4 Å². The molecule has 9 nitrogen and oxygen atoms in total. The van der Waals surface area contributed by atoms with E-state index in [1.807, 2.05) is 0 Å². The van der Waals surface area contributed by atoms with Gasteiger partial charge in [0.25, 0.3) is 15.5 Å². The number of carbonyl (C=O) groups is 1. The van der Waals surface area contributed by atoms with Crippen molar-refractivity contribution in [2.45, 2.75) is 34.1 Å². The van der Waals surface area contributed by atoms with E-state index < -0.39 is 75.2 Å². The van der Waals surface area contributed by atoms with Crippen molar-refractivity contribution in [1.29, 1.82) is 0 Å². The lowest BCUT2D eigenvalue weighted by Crippen LogP contribution is -2.55. The maximum Gasteiger partial charge on any atom is 0.461 e. The summed E-state index contributed by atoms with van der Waals surface area (Å²) in [5.74, 6) is -10.00. The molecule has 0 N–H and O–H groups in total. The number of carbonyl (C=O) groups excluding carboxylic acids is 1. The van der Waals surface area contributed by atoms with E-state index in [2.05, 4.69) is 4.74 Å². The summed E-state index contributed by atoms with van der Waals surface area (Å²) in [4.78, 5) is 17.3. The van der Waals surface area contributed by atoms with Gasteiger partial charge >= 0.3 is 23.3 Å². The third-order valence-corrected chi connectivity index (χ3v) is 6.88. The first-order chi connectivity index (χ1) is 13.7. The Hall–Kier alpha value is -2.50. The summed E-state index contributed by atoms with van der Waals surface area (Å²) >= 11 is 0. The van der Waals surface area contributed by atoms with Gasteiger partial charge in [0.2, 0.25) is 0 Å². The number of alkyl halides is 7. The van der Waals surface area contributed by atoms with Crippen LogP contribution in [0.1, 0.15) is 6.92 Å². The second-order valence-electron chi connectivity index (χ2n) is 5.54. The fraction of sp³-hybridized carbons (Fsp3) is 0.462. The predicted octanol–water partition coefficient (Wildman–Crippen LogP) is 2.50. The summed E-state index contributed by atoms with van der Waals surface area (Å²) in [6, 6.07) is -0.587. The number of ether oxygens (including phenoxy) is 1. The standard InChI is InChI=1S/C13H10F7NO8S2/c1-2-29-10(22)6-30(25,26)9-4-3-7(5-8(9)21(23)24)31(27,28)13(19,20)11(14,15)12(16,17)18/h3-5H,2,6H2,1H3. The van der Waals surface area contributed by atoms with Crippen LogP contribution in [0, 0.1) is 10.1 Å². The van der Waals surface area contributed by atoms with Gasteiger partial charge in [-0.1, -0.05) is 0 Å². The Kier molecular flexibility index (Phi) is 7.03. The molecule has 0 saturated carbocycles. The smallest absolute Gasteiger partial charge is 0.461 e. The maximum atomic E-state index is 13.7. The molecule has 1 aromatic rings. The summed E-state index contributed by atoms with van der Waals surface area (Å²) in [5.41, 5.74) is -1.77. The van der Waals surface area contributed by atoms with E-state index in [4.69, 9.17) is 0 Å². The van der Waals surface area contributed by atoms with Crippen molar-refractivity contribution in [3.63, 3.8) is 0 Å². The molecule has 0 unspecified atom stereocenters. The second kappa shape index (κ2) is 8.21. The average Bonchev–Trinajstić information content (AvgIpc) is 2.59. The molecular weight excluding hydrogens is 495 g/mol. The lowest BCUT2D eigenvalue weighted by Gasteiger charge is -2.27. The Morgan fingerprint density at radius 2 is 1.58 bits per heavy atom. The third kappa shape index (κ3) is 4.73. The highest BCUT2D eigenvalue weighted by molar-refractivity contribution is 7.93. The zero-order valence-electron chi connectivity index (χ0n) is 14.8. The minimum Gasteiger partial charge on any atom is -0.465 e. The minimum atomic E-state index is -7.09. The molecule has 0 aliphatic heterocycles. The summed E-state index contributed by atoms with van der Waals surface area (Å²) in [6.07, 6.45) is -7.02. The van der Waals surface area contributed by atoms with Crippen molar-refractivity contribution in [3.05, 3.63) is 28.3 Å². The Morgan fingerprint density at radius 1 is 1.06 bits per heavy atom. The van der Waals surface area contributed by atoms with Gasteiger partial charge < -0.3 is 4.74 Å². The van der Waals surface area contributed by atoms with Gasteiger partial charge in [-0.15, -0.1) is 0 Å². The largest absolute Gasteiger partial charge is 0.465 e. The molecule has 18 heteroatoms. The molecule has 0 fully saturated rings. The Morgan fingerprint density at radius 3 is 2.00 bits per heavy atom. The van der Waals surface area contributed by atoms with Crippen LogP contribution in [0.5, 0.6) is 0 Å².